The molecule has 0 fully saturated rings. The Balaban J connectivity index is 0.000000373. The zero-order valence-electron chi connectivity index (χ0n) is 40.0. The Hall–Kier alpha value is -5.23. The number of aromatic nitrogens is 7. The Morgan fingerprint density at radius 3 is 1.74 bits per heavy atom. The van der Waals surface area contributed by atoms with Crippen LogP contribution >= 0.6 is 46.6 Å². The number of thioether (sulfide) groups is 2. The Kier molecular flexibility index (Phi) is 26.9. The minimum atomic E-state index is -1.10. The van der Waals surface area contributed by atoms with Crippen LogP contribution in [0.15, 0.2) is 30.6 Å². The maximum Gasteiger partial charge on any atom is 0.325 e. The van der Waals surface area contributed by atoms with E-state index in [0.717, 1.165) is 54.5 Å². The molecule has 0 saturated heterocycles. The molecule has 4 rings (SSSR count). The monoisotopic (exact) mass is 1050 g/mol. The predicted octanol–water partition coefficient (Wildman–Crippen LogP) is 5.43. The van der Waals surface area contributed by atoms with Gasteiger partial charge in [0.05, 0.1) is 37.6 Å². The predicted molar refractivity (Wildman–Crippen MR) is 273 cm³/mol. The van der Waals surface area contributed by atoms with E-state index in [0.29, 0.717) is 44.3 Å². The van der Waals surface area contributed by atoms with Crippen molar-refractivity contribution in [2.45, 2.75) is 108 Å². The molecule has 4 heterocycles. The fourth-order valence-corrected chi connectivity index (χ4v) is 7.99. The second-order valence-electron chi connectivity index (χ2n) is 15.3. The van der Waals surface area contributed by atoms with Gasteiger partial charge in [0.25, 0.3) is 0 Å². The van der Waals surface area contributed by atoms with E-state index in [9.17, 15) is 45.8 Å². The number of unbranched alkanes of at least 4 members (excludes halogenated alkanes) is 1. The minimum absolute atomic E-state index is 0.00907. The van der Waals surface area contributed by atoms with Gasteiger partial charge in [-0.25, -0.2) is 0 Å². The molecule has 0 aliphatic heterocycles. The number of hydrogen-bond acceptors (Lipinski definition) is 29. The standard InChI is InChI=1S/C22H39N9O4S2.C18H25N9O4S2/c1-4-7-8-14(5-2)9-25-20-26-18(23-10-15(34)12-32)17(19(27-20)24-11-16(35)13-33)29-30-21-28-22(31-37-21)36-6-3;1-8(28)6-20-13-12(25-26-15-11(5-19)16(32-4)27-33-15)14(21-7-9(2)29)24-18(23-13)22-10(3)17(30)31/h14-16,32-35H,4-13H2,1-3H3,(H3,23,24,25,26,27);8-10,28-29H,6-7H2,1-4H3,(H,30,31)(H3,20,21,22,23,24). The van der Waals surface area contributed by atoms with E-state index in [1.807, 2.05) is 6.92 Å². The molecule has 13 N–H and O–H groups in total. The third-order valence-electron chi connectivity index (χ3n) is 9.23. The number of aliphatic carboxylic acids is 1. The van der Waals surface area contributed by atoms with E-state index in [4.69, 9.17) is 0 Å². The number of hydrogen-bond donors (Lipinski definition) is 13. The van der Waals surface area contributed by atoms with Crippen LogP contribution in [0.5, 0.6) is 0 Å². The first-order chi connectivity index (χ1) is 33.6. The van der Waals surface area contributed by atoms with Crippen molar-refractivity contribution < 1.29 is 40.5 Å². The number of nitriles is 1. The van der Waals surface area contributed by atoms with Gasteiger partial charge in [-0.05, 0) is 56.7 Å². The lowest BCUT2D eigenvalue weighted by Gasteiger charge is -2.19. The number of carbonyl (C=O) groups is 1. The summed E-state index contributed by atoms with van der Waals surface area (Å²) in [4.78, 5) is 33.2. The van der Waals surface area contributed by atoms with Crippen LogP contribution in [-0.4, -0.2) is 164 Å². The van der Waals surface area contributed by atoms with E-state index in [-0.39, 0.29) is 66.8 Å². The quantitative estimate of drug-likeness (QED) is 0.0221. The van der Waals surface area contributed by atoms with Gasteiger partial charge in [0, 0.05) is 44.3 Å². The summed E-state index contributed by atoms with van der Waals surface area (Å²) in [5, 5.41) is 113. The van der Waals surface area contributed by atoms with Gasteiger partial charge in [-0.1, -0.05) is 51.8 Å². The smallest absolute Gasteiger partial charge is 0.325 e. The lowest BCUT2D eigenvalue weighted by atomic mass is 9.99. The van der Waals surface area contributed by atoms with Crippen LogP contribution < -0.4 is 31.9 Å². The number of azo groups is 2. The first kappa shape index (κ1) is 59.1. The van der Waals surface area contributed by atoms with Crippen LogP contribution in [-0.2, 0) is 4.79 Å². The van der Waals surface area contributed by atoms with Crippen molar-refractivity contribution in [1.82, 2.24) is 33.7 Å². The largest absolute Gasteiger partial charge is 0.480 e. The number of aliphatic hydroxyl groups excluding tert-OH is 6. The number of nitrogens with one attached hydrogen (secondary N) is 6. The molecule has 0 aliphatic carbocycles. The molecule has 0 aliphatic rings. The Bertz CT molecular complexity index is 2230. The van der Waals surface area contributed by atoms with E-state index < -0.39 is 49.6 Å². The van der Waals surface area contributed by atoms with E-state index in [1.54, 1.807) is 20.1 Å². The summed E-state index contributed by atoms with van der Waals surface area (Å²) in [5.41, 5.74) is 0.661. The van der Waals surface area contributed by atoms with Gasteiger partial charge in [0.1, 0.15) is 22.7 Å². The van der Waals surface area contributed by atoms with Gasteiger partial charge in [-0.15, -0.1) is 32.2 Å². The lowest BCUT2D eigenvalue weighted by Crippen LogP contribution is -2.27. The van der Waals surface area contributed by atoms with Crippen LogP contribution in [0.4, 0.5) is 56.7 Å². The zero-order valence-corrected chi connectivity index (χ0v) is 43.3. The highest BCUT2D eigenvalue weighted by Gasteiger charge is 2.22. The lowest BCUT2D eigenvalue weighted by molar-refractivity contribution is -0.137. The number of anilines is 6. The average Bonchev–Trinajstić information content (AvgIpc) is 3.98. The molecular weight excluding hydrogens is 989 g/mol. The summed E-state index contributed by atoms with van der Waals surface area (Å²) in [6.07, 6.45) is 2.70. The SMILES string of the molecule is CCCCC(CC)CNc1nc(NCC(O)CO)c(N=Nc2nc(SCC)ns2)c(NCC(O)CO)n1.CSc1nsc(N=Nc2c(NCC(C)O)nc(NC(C)C(=O)O)nc2NCC(C)O)c1C#N. The summed E-state index contributed by atoms with van der Waals surface area (Å²) in [5.74, 6) is 1.36. The molecule has 0 bridgehead atoms. The van der Waals surface area contributed by atoms with Crippen molar-refractivity contribution in [1.29, 1.82) is 5.26 Å². The molecule has 0 spiro atoms. The Morgan fingerprint density at radius 1 is 0.729 bits per heavy atom. The molecule has 6 unspecified atom stereocenters. The third-order valence-corrected chi connectivity index (χ3v) is 12.2. The molecule has 4 aromatic heterocycles. The maximum atomic E-state index is 11.2. The summed E-state index contributed by atoms with van der Waals surface area (Å²) in [6.45, 7) is 11.0. The number of nitrogens with zero attached hydrogens (tertiary/aromatic N) is 12. The summed E-state index contributed by atoms with van der Waals surface area (Å²) < 4.78 is 8.41. The van der Waals surface area contributed by atoms with Crippen molar-refractivity contribution in [2.24, 2.45) is 26.4 Å². The topological polar surface area (TPSA) is 394 Å². The molecule has 0 aromatic carbocycles. The van der Waals surface area contributed by atoms with Crippen LogP contribution in [0.25, 0.3) is 0 Å². The number of aliphatic hydroxyl groups is 6. The summed E-state index contributed by atoms with van der Waals surface area (Å²) in [7, 11) is 0. The van der Waals surface area contributed by atoms with Crippen LogP contribution in [0.2, 0.25) is 0 Å². The van der Waals surface area contributed by atoms with Gasteiger partial charge in [0.2, 0.25) is 22.2 Å². The van der Waals surface area contributed by atoms with Gasteiger partial charge in [0.15, 0.2) is 39.6 Å². The fourth-order valence-electron chi connectivity index (χ4n) is 5.41. The van der Waals surface area contributed by atoms with Gasteiger partial charge < -0.3 is 67.6 Å². The number of carboxylic acid groups (broad SMARTS) is 1. The minimum Gasteiger partial charge on any atom is -0.480 e. The molecule has 30 heteroatoms. The number of rotatable bonds is 31. The van der Waals surface area contributed by atoms with Gasteiger partial charge >= 0.3 is 5.97 Å². The van der Waals surface area contributed by atoms with Crippen molar-refractivity contribution in [3.05, 3.63) is 5.56 Å². The fraction of sp³-hybridized carbons (Fsp3) is 0.625. The molecule has 70 heavy (non-hydrogen) atoms. The van der Waals surface area contributed by atoms with E-state index in [1.165, 1.54) is 30.4 Å². The first-order valence-electron chi connectivity index (χ1n) is 22.3. The Labute approximate surface area is 422 Å². The van der Waals surface area contributed by atoms with Crippen LogP contribution in [0.3, 0.4) is 0 Å². The molecule has 4 aromatic rings. The zero-order chi connectivity index (χ0) is 51.6. The Morgan fingerprint density at radius 2 is 1.27 bits per heavy atom. The second kappa shape index (κ2) is 31.9. The molecule has 0 amide bonds. The molecule has 26 nitrogen and oxygen atoms in total. The third kappa shape index (κ3) is 20.2. The highest BCUT2D eigenvalue weighted by molar-refractivity contribution is 7.99. The van der Waals surface area contributed by atoms with Crippen LogP contribution in [0.1, 0.15) is 72.8 Å². The molecule has 0 radical (unpaired) electrons. The van der Waals surface area contributed by atoms with Gasteiger partial charge in [-0.2, -0.15) is 38.9 Å². The van der Waals surface area contributed by atoms with Gasteiger partial charge in [-0.3, -0.25) is 4.79 Å². The highest BCUT2D eigenvalue weighted by atomic mass is 32.2. The molecule has 386 valence electrons. The molecule has 6 atom stereocenters. The normalized spacial score (nSPS) is 13.9. The van der Waals surface area contributed by atoms with E-state index >= 15 is 0 Å². The summed E-state index contributed by atoms with van der Waals surface area (Å²) >= 11 is 4.93. The second-order valence-corrected chi connectivity index (χ2v) is 18.8. The van der Waals surface area contributed by atoms with Crippen molar-refractivity contribution in [3.63, 3.8) is 0 Å². The highest BCUT2D eigenvalue weighted by Crippen LogP contribution is 2.38. The maximum absolute atomic E-state index is 11.2. The molecule has 0 saturated carbocycles. The van der Waals surface area contributed by atoms with E-state index in [2.05, 4.69) is 106 Å². The van der Waals surface area contributed by atoms with Crippen molar-refractivity contribution in [3.8, 4) is 6.07 Å². The van der Waals surface area contributed by atoms with Crippen molar-refractivity contribution >= 4 is 109 Å². The summed E-state index contributed by atoms with van der Waals surface area (Å²) in [6, 6.07) is 1.08. The van der Waals surface area contributed by atoms with Crippen LogP contribution in [0, 0.1) is 17.2 Å². The molecular formula is C40H64N18O8S4. The number of carboxylic acids is 1. The first-order valence-corrected chi connectivity index (χ1v) is 26.1. The van der Waals surface area contributed by atoms with Crippen molar-refractivity contribution in [2.75, 3.05) is 89.8 Å². The average molecular weight is 1050 g/mol.